The Kier molecular flexibility index (Phi) is 4.40. The first kappa shape index (κ1) is 17.6. The number of amides is 1. The first-order chi connectivity index (χ1) is 11.7. The second kappa shape index (κ2) is 6.25. The number of esters is 1. The average Bonchev–Trinajstić information content (AvgIpc) is 3.08. The molecule has 8 heteroatoms. The van der Waals surface area contributed by atoms with Gasteiger partial charge in [-0.25, -0.2) is 9.78 Å². The van der Waals surface area contributed by atoms with Crippen LogP contribution in [-0.4, -0.2) is 33.6 Å². The van der Waals surface area contributed by atoms with E-state index in [0.29, 0.717) is 27.2 Å². The molecule has 0 radical (unpaired) electrons. The molecule has 0 saturated heterocycles. The van der Waals surface area contributed by atoms with Gasteiger partial charge in [0.2, 0.25) is 0 Å². The summed E-state index contributed by atoms with van der Waals surface area (Å²) < 4.78 is 6.78. The van der Waals surface area contributed by atoms with Crippen LogP contribution >= 0.6 is 11.3 Å². The van der Waals surface area contributed by atoms with Gasteiger partial charge in [0.25, 0.3) is 11.5 Å². The third-order valence-electron chi connectivity index (χ3n) is 3.95. The zero-order valence-corrected chi connectivity index (χ0v) is 15.6. The second-order valence-electron chi connectivity index (χ2n) is 7.20. The second-order valence-corrected chi connectivity index (χ2v) is 8.20. The number of thiophene rings is 1. The van der Waals surface area contributed by atoms with Crippen molar-refractivity contribution in [3.63, 3.8) is 0 Å². The van der Waals surface area contributed by atoms with E-state index in [1.165, 1.54) is 0 Å². The van der Waals surface area contributed by atoms with E-state index in [9.17, 15) is 14.4 Å². The molecule has 3 rings (SSSR count). The van der Waals surface area contributed by atoms with Crippen molar-refractivity contribution >= 4 is 33.4 Å². The Morgan fingerprint density at radius 1 is 1.36 bits per heavy atom. The van der Waals surface area contributed by atoms with E-state index in [4.69, 9.17) is 4.74 Å². The molecular weight excluding hydrogens is 342 g/mol. The van der Waals surface area contributed by atoms with Gasteiger partial charge < -0.3 is 10.1 Å². The molecule has 0 unspecified atom stereocenters. The van der Waals surface area contributed by atoms with Crippen molar-refractivity contribution in [2.24, 2.45) is 0 Å². The number of hydrogen-bond acceptors (Lipinski definition) is 6. The quantitative estimate of drug-likeness (QED) is 0.840. The predicted molar refractivity (Wildman–Crippen MR) is 95.1 cm³/mol. The molecule has 0 bridgehead atoms. The Hall–Kier alpha value is -2.22. The average molecular weight is 363 g/mol. The lowest BCUT2D eigenvalue weighted by Gasteiger charge is -2.20. The van der Waals surface area contributed by atoms with Gasteiger partial charge in [-0.1, -0.05) is 0 Å². The minimum atomic E-state index is -0.603. The molecule has 0 saturated carbocycles. The van der Waals surface area contributed by atoms with E-state index in [1.54, 1.807) is 11.5 Å². The van der Waals surface area contributed by atoms with E-state index >= 15 is 0 Å². The highest BCUT2D eigenvalue weighted by molar-refractivity contribution is 7.20. The van der Waals surface area contributed by atoms with Crippen molar-refractivity contribution in [1.29, 1.82) is 0 Å². The number of rotatable bonds is 3. The van der Waals surface area contributed by atoms with Crippen LogP contribution in [0, 0.1) is 6.92 Å². The molecule has 1 aliphatic rings. The number of carbonyl (C=O) groups excluding carboxylic acids is 2. The molecule has 25 heavy (non-hydrogen) atoms. The molecule has 0 aliphatic carbocycles. The third-order valence-corrected chi connectivity index (χ3v) is 5.11. The van der Waals surface area contributed by atoms with Crippen molar-refractivity contribution < 1.29 is 14.3 Å². The Balaban J connectivity index is 1.83. The largest absolute Gasteiger partial charge is 0.451 e. The van der Waals surface area contributed by atoms with Crippen LogP contribution in [0.15, 0.2) is 4.79 Å². The molecule has 2 aromatic rings. The van der Waals surface area contributed by atoms with Gasteiger partial charge in [0.15, 0.2) is 6.61 Å². The standard InChI is InChI=1S/C17H21N3O4S/c1-9-12-14(18-10-6-5-7-20(10)15(12)22)25-13(9)16(23)24-8-11(21)19-17(2,3)4/h5-8H2,1-4H3,(H,19,21). The lowest BCUT2D eigenvalue weighted by Crippen LogP contribution is -2.42. The first-order valence-electron chi connectivity index (χ1n) is 8.18. The molecule has 7 nitrogen and oxygen atoms in total. The van der Waals surface area contributed by atoms with E-state index in [2.05, 4.69) is 10.3 Å². The fourth-order valence-electron chi connectivity index (χ4n) is 2.92. The topological polar surface area (TPSA) is 90.3 Å². The number of aryl methyl sites for hydroxylation is 2. The molecule has 134 valence electrons. The molecule has 0 atom stereocenters. The number of carbonyl (C=O) groups is 2. The van der Waals surface area contributed by atoms with Crippen molar-refractivity contribution in [3.8, 4) is 0 Å². The highest BCUT2D eigenvalue weighted by atomic mass is 32.1. The molecule has 1 aliphatic heterocycles. The SMILES string of the molecule is Cc1c(C(=O)OCC(=O)NC(C)(C)C)sc2nc3n(c(=O)c12)CCC3. The van der Waals surface area contributed by atoms with Gasteiger partial charge in [-0.15, -0.1) is 11.3 Å². The maximum absolute atomic E-state index is 12.6. The third kappa shape index (κ3) is 3.44. The van der Waals surface area contributed by atoms with Crippen molar-refractivity contribution in [2.75, 3.05) is 6.61 Å². The van der Waals surface area contributed by atoms with Crippen molar-refractivity contribution in [2.45, 2.75) is 52.6 Å². The summed E-state index contributed by atoms with van der Waals surface area (Å²) in [5.41, 5.74) is 0.0765. The van der Waals surface area contributed by atoms with Crippen LogP contribution in [0.1, 0.15) is 48.3 Å². The highest BCUT2D eigenvalue weighted by Crippen LogP contribution is 2.29. The molecule has 0 aromatic carbocycles. The number of nitrogens with zero attached hydrogens (tertiary/aromatic N) is 2. The number of ether oxygens (including phenoxy) is 1. The van der Waals surface area contributed by atoms with Gasteiger partial charge in [0.1, 0.15) is 15.5 Å². The van der Waals surface area contributed by atoms with Crippen LogP contribution in [0.5, 0.6) is 0 Å². The Morgan fingerprint density at radius 3 is 2.76 bits per heavy atom. The fourth-order valence-corrected chi connectivity index (χ4v) is 4.01. The first-order valence-corrected chi connectivity index (χ1v) is 9.00. The van der Waals surface area contributed by atoms with Crippen LogP contribution in [0.4, 0.5) is 0 Å². The number of hydrogen-bond donors (Lipinski definition) is 1. The van der Waals surface area contributed by atoms with Crippen LogP contribution in [-0.2, 0) is 22.5 Å². The maximum Gasteiger partial charge on any atom is 0.349 e. The van der Waals surface area contributed by atoms with Gasteiger partial charge in [-0.3, -0.25) is 14.2 Å². The van der Waals surface area contributed by atoms with Gasteiger partial charge in [0.05, 0.1) is 5.39 Å². The zero-order chi connectivity index (χ0) is 18.4. The lowest BCUT2D eigenvalue weighted by molar-refractivity contribution is -0.125. The van der Waals surface area contributed by atoms with Crippen molar-refractivity contribution in [3.05, 3.63) is 26.6 Å². The molecule has 0 spiro atoms. The summed E-state index contributed by atoms with van der Waals surface area (Å²) in [6.07, 6.45) is 1.69. The lowest BCUT2D eigenvalue weighted by atomic mass is 10.1. The van der Waals surface area contributed by atoms with Gasteiger partial charge in [0, 0.05) is 18.5 Å². The summed E-state index contributed by atoms with van der Waals surface area (Å²) in [4.78, 5) is 42.1. The fraction of sp³-hybridized carbons (Fsp3) is 0.529. The minimum Gasteiger partial charge on any atom is -0.451 e. The number of fused-ring (bicyclic) bond motifs is 2. The van der Waals surface area contributed by atoms with Gasteiger partial charge >= 0.3 is 5.97 Å². The van der Waals surface area contributed by atoms with E-state index in [1.807, 2.05) is 20.8 Å². The van der Waals surface area contributed by atoms with Gasteiger partial charge in [-0.2, -0.15) is 0 Å². The van der Waals surface area contributed by atoms with Gasteiger partial charge in [-0.05, 0) is 39.7 Å². The van der Waals surface area contributed by atoms with Crippen LogP contribution in [0.2, 0.25) is 0 Å². The highest BCUT2D eigenvalue weighted by Gasteiger charge is 2.24. The monoisotopic (exact) mass is 363 g/mol. The summed E-state index contributed by atoms with van der Waals surface area (Å²) in [5.74, 6) is -0.200. The maximum atomic E-state index is 12.6. The number of aromatic nitrogens is 2. The molecule has 3 heterocycles. The summed E-state index contributed by atoms with van der Waals surface area (Å²) >= 11 is 1.15. The summed E-state index contributed by atoms with van der Waals surface area (Å²) in [7, 11) is 0. The number of nitrogens with one attached hydrogen (secondary N) is 1. The molecule has 1 N–H and O–H groups in total. The van der Waals surface area contributed by atoms with Crippen molar-refractivity contribution in [1.82, 2.24) is 14.9 Å². The van der Waals surface area contributed by atoms with E-state index in [-0.39, 0.29) is 18.1 Å². The van der Waals surface area contributed by atoms with E-state index in [0.717, 1.165) is 30.0 Å². The molecule has 0 fully saturated rings. The predicted octanol–water partition coefficient (Wildman–Crippen LogP) is 1.78. The molecule has 2 aromatic heterocycles. The van der Waals surface area contributed by atoms with Crippen LogP contribution in [0.3, 0.4) is 0 Å². The summed E-state index contributed by atoms with van der Waals surface area (Å²) in [6, 6.07) is 0. The Morgan fingerprint density at radius 2 is 2.08 bits per heavy atom. The van der Waals surface area contributed by atoms with E-state index < -0.39 is 11.5 Å². The molecular formula is C17H21N3O4S. The smallest absolute Gasteiger partial charge is 0.349 e. The summed E-state index contributed by atoms with van der Waals surface area (Å²) in [5, 5.41) is 3.20. The normalized spacial score (nSPS) is 13.8. The Bertz CT molecular complexity index is 921. The Labute approximate surface area is 149 Å². The summed E-state index contributed by atoms with van der Waals surface area (Å²) in [6.45, 7) is 7.57. The van der Waals surface area contributed by atoms with Crippen LogP contribution in [0.25, 0.3) is 10.2 Å². The zero-order valence-electron chi connectivity index (χ0n) is 14.8. The van der Waals surface area contributed by atoms with Crippen LogP contribution < -0.4 is 10.9 Å². The molecule has 1 amide bonds. The minimum absolute atomic E-state index is 0.101.